The SMILES string of the molecule is CC/C=C\C/C=C\C/C=C\C/C=C\C/C=C\C/C=C\CCCCCCCCC(=O)OCC(COC(=O)CCCCCCCCC/C=C\C/C=C\C/C=C\CC)OC(=O)CCCCCCCCCCCCCCCCCCCCCC. The summed E-state index contributed by atoms with van der Waals surface area (Å²) in [6, 6.07) is 0. The molecule has 0 aromatic carbocycles. The molecular formula is C74H126O6. The average Bonchev–Trinajstić information content (AvgIpc) is 3.46. The average molecular weight is 1110 g/mol. The lowest BCUT2D eigenvalue weighted by atomic mass is 10.0. The molecule has 0 aliphatic rings. The number of ether oxygens (including phenoxy) is 3. The minimum Gasteiger partial charge on any atom is -0.462 e. The third-order valence-electron chi connectivity index (χ3n) is 14.5. The summed E-state index contributed by atoms with van der Waals surface area (Å²) >= 11 is 0. The predicted octanol–water partition coefficient (Wildman–Crippen LogP) is 23.4. The van der Waals surface area contributed by atoms with Crippen molar-refractivity contribution in [2.45, 2.75) is 329 Å². The Bertz CT molecular complexity index is 1610. The molecule has 0 bridgehead atoms. The molecule has 0 fully saturated rings. The van der Waals surface area contributed by atoms with Crippen LogP contribution in [0, 0.1) is 0 Å². The number of carbonyl (C=O) groups excluding carboxylic acids is 3. The van der Waals surface area contributed by atoms with Crippen molar-refractivity contribution in [1.29, 1.82) is 0 Å². The van der Waals surface area contributed by atoms with Crippen LogP contribution in [0.15, 0.2) is 109 Å². The smallest absolute Gasteiger partial charge is 0.306 e. The molecule has 458 valence electrons. The number of allylic oxidation sites excluding steroid dienone is 18. The maximum absolute atomic E-state index is 13.0. The molecule has 0 saturated heterocycles. The van der Waals surface area contributed by atoms with Crippen LogP contribution in [0.2, 0.25) is 0 Å². The summed E-state index contributed by atoms with van der Waals surface area (Å²) in [5.41, 5.74) is 0. The first-order chi connectivity index (χ1) is 39.5. The van der Waals surface area contributed by atoms with Gasteiger partial charge in [-0.05, 0) is 103 Å². The monoisotopic (exact) mass is 1110 g/mol. The van der Waals surface area contributed by atoms with Crippen LogP contribution < -0.4 is 0 Å². The Kier molecular flexibility index (Phi) is 64.3. The first kappa shape index (κ1) is 76.1. The summed E-state index contributed by atoms with van der Waals surface area (Å²) < 4.78 is 17.0. The van der Waals surface area contributed by atoms with Gasteiger partial charge in [0.05, 0.1) is 0 Å². The minimum absolute atomic E-state index is 0.0866. The number of rotatable bonds is 61. The zero-order chi connectivity index (χ0) is 57.8. The lowest BCUT2D eigenvalue weighted by molar-refractivity contribution is -0.167. The Morgan fingerprint density at radius 2 is 0.487 bits per heavy atom. The summed E-state index contributed by atoms with van der Waals surface area (Å²) in [5, 5.41) is 0. The van der Waals surface area contributed by atoms with Crippen LogP contribution in [-0.2, 0) is 28.6 Å². The van der Waals surface area contributed by atoms with E-state index in [9.17, 15) is 14.4 Å². The second kappa shape index (κ2) is 67.6. The molecule has 0 heterocycles. The summed E-state index contributed by atoms with van der Waals surface area (Å²) in [4.78, 5) is 38.4. The van der Waals surface area contributed by atoms with Crippen molar-refractivity contribution in [3.05, 3.63) is 109 Å². The first-order valence-corrected chi connectivity index (χ1v) is 33.9. The van der Waals surface area contributed by atoms with E-state index < -0.39 is 6.10 Å². The lowest BCUT2D eigenvalue weighted by Crippen LogP contribution is -2.30. The highest BCUT2D eigenvalue weighted by atomic mass is 16.6. The van der Waals surface area contributed by atoms with E-state index in [-0.39, 0.29) is 31.1 Å². The second-order valence-corrected chi connectivity index (χ2v) is 22.3. The van der Waals surface area contributed by atoms with Crippen LogP contribution in [0.1, 0.15) is 323 Å². The zero-order valence-electron chi connectivity index (χ0n) is 52.6. The third-order valence-corrected chi connectivity index (χ3v) is 14.5. The molecule has 80 heavy (non-hydrogen) atoms. The highest BCUT2D eigenvalue weighted by molar-refractivity contribution is 5.71. The highest BCUT2D eigenvalue weighted by Gasteiger charge is 2.19. The van der Waals surface area contributed by atoms with E-state index in [0.29, 0.717) is 19.3 Å². The van der Waals surface area contributed by atoms with E-state index in [1.807, 2.05) is 0 Å². The van der Waals surface area contributed by atoms with Gasteiger partial charge in [0, 0.05) is 19.3 Å². The quantitative estimate of drug-likeness (QED) is 0.0261. The highest BCUT2D eigenvalue weighted by Crippen LogP contribution is 2.17. The van der Waals surface area contributed by atoms with Crippen LogP contribution in [0.25, 0.3) is 0 Å². The summed E-state index contributed by atoms with van der Waals surface area (Å²) in [7, 11) is 0. The normalized spacial score (nSPS) is 12.8. The van der Waals surface area contributed by atoms with Gasteiger partial charge in [0.2, 0.25) is 0 Å². The topological polar surface area (TPSA) is 78.9 Å². The van der Waals surface area contributed by atoms with Crippen molar-refractivity contribution in [1.82, 2.24) is 0 Å². The molecule has 0 aliphatic heterocycles. The fourth-order valence-corrected chi connectivity index (χ4v) is 9.52. The third kappa shape index (κ3) is 64.9. The largest absolute Gasteiger partial charge is 0.462 e. The number of unbranched alkanes of at least 4 members (excludes halogenated alkanes) is 32. The van der Waals surface area contributed by atoms with Gasteiger partial charge in [0.1, 0.15) is 13.2 Å². The van der Waals surface area contributed by atoms with Crippen LogP contribution in [0.3, 0.4) is 0 Å². The molecule has 1 unspecified atom stereocenters. The molecule has 6 nitrogen and oxygen atoms in total. The molecule has 0 spiro atoms. The summed E-state index contributed by atoms with van der Waals surface area (Å²) in [6.07, 6.45) is 92.4. The Hall–Kier alpha value is -3.93. The van der Waals surface area contributed by atoms with Crippen molar-refractivity contribution in [3.8, 4) is 0 Å². The van der Waals surface area contributed by atoms with Gasteiger partial charge in [-0.15, -0.1) is 0 Å². The maximum atomic E-state index is 13.0. The van der Waals surface area contributed by atoms with E-state index in [1.165, 1.54) is 148 Å². The van der Waals surface area contributed by atoms with Gasteiger partial charge in [0.25, 0.3) is 0 Å². The zero-order valence-corrected chi connectivity index (χ0v) is 52.6. The molecule has 0 aromatic heterocycles. The number of carbonyl (C=O) groups is 3. The summed E-state index contributed by atoms with van der Waals surface area (Å²) in [6.45, 7) is 6.44. The molecule has 0 N–H and O–H groups in total. The van der Waals surface area contributed by atoms with Gasteiger partial charge in [-0.1, -0.05) is 310 Å². The Labute approximate surface area is 495 Å². The fourth-order valence-electron chi connectivity index (χ4n) is 9.52. The van der Waals surface area contributed by atoms with Crippen LogP contribution in [0.4, 0.5) is 0 Å². The van der Waals surface area contributed by atoms with Crippen molar-refractivity contribution >= 4 is 17.9 Å². The second-order valence-electron chi connectivity index (χ2n) is 22.3. The number of esters is 3. The van der Waals surface area contributed by atoms with Crippen LogP contribution in [-0.4, -0.2) is 37.2 Å². The molecule has 0 radical (unpaired) electrons. The molecule has 0 aromatic rings. The molecule has 0 aliphatic carbocycles. The van der Waals surface area contributed by atoms with E-state index in [2.05, 4.69) is 130 Å². The van der Waals surface area contributed by atoms with Crippen molar-refractivity contribution in [3.63, 3.8) is 0 Å². The molecule has 0 rings (SSSR count). The van der Waals surface area contributed by atoms with Gasteiger partial charge in [-0.2, -0.15) is 0 Å². The number of hydrogen-bond acceptors (Lipinski definition) is 6. The summed E-state index contributed by atoms with van der Waals surface area (Å²) in [5.74, 6) is -0.896. The predicted molar refractivity (Wildman–Crippen MR) is 348 cm³/mol. The fraction of sp³-hybridized carbons (Fsp3) is 0.716. The van der Waals surface area contributed by atoms with E-state index in [0.717, 1.165) is 135 Å². The molecule has 1 atom stereocenters. The Morgan fingerprint density at radius 3 is 0.762 bits per heavy atom. The van der Waals surface area contributed by atoms with E-state index in [1.54, 1.807) is 0 Å². The number of hydrogen-bond donors (Lipinski definition) is 0. The van der Waals surface area contributed by atoms with Crippen molar-refractivity contribution in [2.75, 3.05) is 13.2 Å². The maximum Gasteiger partial charge on any atom is 0.306 e. The van der Waals surface area contributed by atoms with E-state index in [4.69, 9.17) is 14.2 Å². The van der Waals surface area contributed by atoms with Crippen LogP contribution in [0.5, 0.6) is 0 Å². The Balaban J connectivity index is 4.40. The van der Waals surface area contributed by atoms with Gasteiger partial charge >= 0.3 is 17.9 Å². The van der Waals surface area contributed by atoms with Crippen molar-refractivity contribution < 1.29 is 28.6 Å². The van der Waals surface area contributed by atoms with Gasteiger partial charge in [0.15, 0.2) is 6.10 Å². The van der Waals surface area contributed by atoms with Gasteiger partial charge in [-0.3, -0.25) is 14.4 Å². The molecule has 6 heteroatoms. The van der Waals surface area contributed by atoms with Crippen molar-refractivity contribution in [2.24, 2.45) is 0 Å². The molecule has 0 amide bonds. The standard InChI is InChI=1S/C74H126O6/c1-4-7-10-13-16-19-22-25-28-31-33-35-36-37-38-39-41-43-46-49-52-55-58-61-64-67-73(76)79-70-71(69-78-72(75)66-63-60-57-54-51-48-45-42-30-27-24-21-18-15-12-9-6-3)80-74(77)68-65-62-59-56-53-50-47-44-40-34-32-29-26-23-20-17-14-11-8-5-2/h7,9-10,12,16,18-19,21,25,27-28,30,33,35,37-38,41,43,71H,4-6,8,11,13-15,17,20,22-24,26,29,31-32,34,36,39-40,42,44-70H2,1-3H3/b10-7-,12-9-,19-16-,21-18-,28-25-,30-27-,35-33-,38-37-,43-41-. The molecular weight excluding hydrogens is 985 g/mol. The minimum atomic E-state index is -0.791. The first-order valence-electron chi connectivity index (χ1n) is 33.9. The van der Waals surface area contributed by atoms with Gasteiger partial charge in [-0.25, -0.2) is 0 Å². The lowest BCUT2D eigenvalue weighted by Gasteiger charge is -2.18. The molecule has 0 saturated carbocycles. The van der Waals surface area contributed by atoms with Gasteiger partial charge < -0.3 is 14.2 Å². The van der Waals surface area contributed by atoms with E-state index >= 15 is 0 Å². The van der Waals surface area contributed by atoms with Crippen LogP contribution >= 0.6 is 0 Å². The Morgan fingerprint density at radius 1 is 0.263 bits per heavy atom.